The number of carbonyl (C=O) groups is 1. The third-order valence-corrected chi connectivity index (χ3v) is 3.39. The number of benzene rings is 1. The van der Waals surface area contributed by atoms with Gasteiger partial charge in [0.05, 0.1) is 4.92 Å². The first-order chi connectivity index (χ1) is 8.93. The molecule has 0 N–H and O–H groups in total. The van der Waals surface area contributed by atoms with E-state index in [4.69, 9.17) is 0 Å². The van der Waals surface area contributed by atoms with Gasteiger partial charge in [0, 0.05) is 20.6 Å². The zero-order valence-corrected chi connectivity index (χ0v) is 10.7. The lowest BCUT2D eigenvalue weighted by molar-refractivity contribution is -0.386. The highest BCUT2D eigenvalue weighted by Crippen LogP contribution is 2.32. The van der Waals surface area contributed by atoms with Crippen LogP contribution in [0.4, 0.5) is 15.8 Å². The third-order valence-electron chi connectivity index (χ3n) is 3.39. The van der Waals surface area contributed by atoms with Crippen molar-refractivity contribution < 1.29 is 14.1 Å². The number of anilines is 1. The van der Waals surface area contributed by atoms with Crippen LogP contribution >= 0.6 is 0 Å². The molecule has 0 saturated carbocycles. The van der Waals surface area contributed by atoms with Crippen LogP contribution in [0.5, 0.6) is 0 Å². The molecule has 0 aromatic heterocycles. The average Bonchev–Trinajstić information content (AvgIpc) is 2.68. The maximum absolute atomic E-state index is 13.6. The van der Waals surface area contributed by atoms with E-state index < -0.39 is 22.5 Å². The number of hydrogen-bond donors (Lipinski definition) is 0. The first-order valence-electron chi connectivity index (χ1n) is 5.84. The molecule has 0 spiro atoms. The zero-order valence-electron chi connectivity index (χ0n) is 10.7. The number of rotatable bonds is 3. The van der Waals surface area contributed by atoms with E-state index in [-0.39, 0.29) is 11.6 Å². The molecule has 1 atom stereocenters. The molecule has 1 fully saturated rings. The Balaban J connectivity index is 2.39. The number of nitrogens with zero attached hydrogens (tertiary/aromatic N) is 3. The van der Waals surface area contributed by atoms with Crippen molar-refractivity contribution in [3.05, 3.63) is 34.1 Å². The highest BCUT2D eigenvalue weighted by Gasteiger charge is 2.35. The lowest BCUT2D eigenvalue weighted by Crippen LogP contribution is -2.38. The summed E-state index contributed by atoms with van der Waals surface area (Å²) in [4.78, 5) is 25.1. The normalized spacial score (nSPS) is 18.8. The molecule has 1 aliphatic rings. The van der Waals surface area contributed by atoms with Gasteiger partial charge < -0.3 is 9.80 Å². The van der Waals surface area contributed by atoms with E-state index in [9.17, 15) is 19.3 Å². The van der Waals surface area contributed by atoms with Crippen molar-refractivity contribution in [3.63, 3.8) is 0 Å². The second-order valence-electron chi connectivity index (χ2n) is 4.54. The summed E-state index contributed by atoms with van der Waals surface area (Å²) < 4.78 is 13.6. The molecule has 1 aliphatic heterocycles. The van der Waals surface area contributed by atoms with Crippen LogP contribution in [0.3, 0.4) is 0 Å². The van der Waals surface area contributed by atoms with Crippen molar-refractivity contribution in [2.75, 3.05) is 25.5 Å². The van der Waals surface area contributed by atoms with Gasteiger partial charge in [0.25, 0.3) is 0 Å². The number of nitro groups is 1. The summed E-state index contributed by atoms with van der Waals surface area (Å²) in [6.07, 6.45) is 0.569. The summed E-state index contributed by atoms with van der Waals surface area (Å²) in [5.74, 6) is -1.01. The van der Waals surface area contributed by atoms with Crippen molar-refractivity contribution >= 4 is 17.3 Å². The Morgan fingerprint density at radius 3 is 2.74 bits per heavy atom. The van der Waals surface area contributed by atoms with Crippen LogP contribution in [0.2, 0.25) is 0 Å². The summed E-state index contributed by atoms with van der Waals surface area (Å²) in [6.45, 7) is 0.594. The third kappa shape index (κ3) is 2.23. The van der Waals surface area contributed by atoms with Crippen LogP contribution in [0.1, 0.15) is 6.42 Å². The second-order valence-corrected chi connectivity index (χ2v) is 4.54. The zero-order chi connectivity index (χ0) is 14.2. The molecule has 1 heterocycles. The van der Waals surface area contributed by atoms with E-state index in [0.29, 0.717) is 13.0 Å². The number of amides is 1. The van der Waals surface area contributed by atoms with Crippen LogP contribution in [-0.2, 0) is 4.79 Å². The summed E-state index contributed by atoms with van der Waals surface area (Å²) in [7, 11) is 3.25. The maximum atomic E-state index is 13.6. The predicted molar refractivity (Wildman–Crippen MR) is 67.5 cm³/mol. The van der Waals surface area contributed by atoms with Gasteiger partial charge >= 0.3 is 5.69 Å². The van der Waals surface area contributed by atoms with Crippen molar-refractivity contribution in [1.82, 2.24) is 4.90 Å². The summed E-state index contributed by atoms with van der Waals surface area (Å²) in [5.41, 5.74) is -0.467. The summed E-state index contributed by atoms with van der Waals surface area (Å²) >= 11 is 0. The fourth-order valence-electron chi connectivity index (χ4n) is 2.30. The standard InChI is InChI=1S/C12H14FN3O3/c1-14-7-6-10(12(14)17)15(2)9-5-3-4-8(13)11(9)16(18)19/h3-5,10H,6-7H2,1-2H3/t10-/m0/s1. The van der Waals surface area contributed by atoms with E-state index in [1.54, 1.807) is 19.0 Å². The lowest BCUT2D eigenvalue weighted by atomic mass is 10.1. The molecule has 7 heteroatoms. The van der Waals surface area contributed by atoms with Crippen molar-refractivity contribution in [3.8, 4) is 0 Å². The number of likely N-dealkylation sites (N-methyl/N-ethyl adjacent to an activating group) is 2. The van der Waals surface area contributed by atoms with Gasteiger partial charge in [0.1, 0.15) is 11.7 Å². The minimum atomic E-state index is -0.895. The van der Waals surface area contributed by atoms with E-state index in [0.717, 1.165) is 6.07 Å². The van der Waals surface area contributed by atoms with Gasteiger partial charge in [0.2, 0.25) is 11.7 Å². The monoisotopic (exact) mass is 267 g/mol. The Kier molecular flexibility index (Phi) is 3.37. The molecule has 1 aromatic rings. The van der Waals surface area contributed by atoms with E-state index in [1.165, 1.54) is 17.0 Å². The molecule has 0 aliphatic carbocycles. The van der Waals surface area contributed by atoms with Crippen LogP contribution in [0.15, 0.2) is 18.2 Å². The Bertz CT molecular complexity index is 535. The van der Waals surface area contributed by atoms with Crippen LogP contribution < -0.4 is 4.90 Å². The largest absolute Gasteiger partial charge is 0.357 e. The SMILES string of the molecule is CN1CC[C@H](N(C)c2cccc(F)c2[N+](=O)[O-])C1=O. The van der Waals surface area contributed by atoms with Crippen LogP contribution in [0, 0.1) is 15.9 Å². The van der Waals surface area contributed by atoms with Gasteiger partial charge in [-0.05, 0) is 18.6 Å². The highest BCUT2D eigenvalue weighted by molar-refractivity contribution is 5.87. The smallest absolute Gasteiger partial charge is 0.327 e. The van der Waals surface area contributed by atoms with Gasteiger partial charge in [-0.15, -0.1) is 0 Å². The second kappa shape index (κ2) is 4.83. The van der Waals surface area contributed by atoms with Gasteiger partial charge in [-0.25, -0.2) is 0 Å². The number of para-hydroxylation sites is 1. The molecular formula is C12H14FN3O3. The Morgan fingerprint density at radius 2 is 2.21 bits per heavy atom. The van der Waals surface area contributed by atoms with Crippen molar-refractivity contribution in [2.24, 2.45) is 0 Å². The predicted octanol–water partition coefficient (Wildman–Crippen LogP) is 1.40. The minimum absolute atomic E-state index is 0.110. The van der Waals surface area contributed by atoms with E-state index in [2.05, 4.69) is 0 Å². The van der Waals surface area contributed by atoms with E-state index in [1.807, 2.05) is 0 Å². The molecule has 6 nitrogen and oxygen atoms in total. The molecule has 2 rings (SSSR count). The molecular weight excluding hydrogens is 253 g/mol. The number of hydrogen-bond acceptors (Lipinski definition) is 4. The molecule has 102 valence electrons. The molecule has 19 heavy (non-hydrogen) atoms. The molecule has 1 amide bonds. The topological polar surface area (TPSA) is 66.7 Å². The first kappa shape index (κ1) is 13.3. The van der Waals surface area contributed by atoms with Gasteiger partial charge in [-0.2, -0.15) is 4.39 Å². The fourth-order valence-corrected chi connectivity index (χ4v) is 2.30. The number of likely N-dealkylation sites (tertiary alicyclic amines) is 1. The molecule has 0 radical (unpaired) electrons. The lowest BCUT2D eigenvalue weighted by Gasteiger charge is -2.24. The number of nitro benzene ring substituents is 1. The highest BCUT2D eigenvalue weighted by atomic mass is 19.1. The summed E-state index contributed by atoms with van der Waals surface area (Å²) in [5, 5.41) is 11.0. The minimum Gasteiger partial charge on any atom is -0.357 e. The number of carbonyl (C=O) groups excluding carboxylic acids is 1. The quantitative estimate of drug-likeness (QED) is 0.613. The van der Waals surface area contributed by atoms with Crippen molar-refractivity contribution in [2.45, 2.75) is 12.5 Å². The molecule has 1 aromatic carbocycles. The molecule has 0 bridgehead atoms. The van der Waals surface area contributed by atoms with Gasteiger partial charge in [0.15, 0.2) is 0 Å². The van der Waals surface area contributed by atoms with Crippen LogP contribution in [-0.4, -0.2) is 42.4 Å². The van der Waals surface area contributed by atoms with E-state index >= 15 is 0 Å². The first-order valence-corrected chi connectivity index (χ1v) is 5.84. The molecule has 1 saturated heterocycles. The Labute approximate surface area is 109 Å². The van der Waals surface area contributed by atoms with Crippen molar-refractivity contribution in [1.29, 1.82) is 0 Å². The van der Waals surface area contributed by atoms with Gasteiger partial charge in [-0.3, -0.25) is 14.9 Å². The Morgan fingerprint density at radius 1 is 1.53 bits per heavy atom. The molecule has 0 unspecified atom stereocenters. The number of halogens is 1. The summed E-state index contributed by atoms with van der Waals surface area (Å²) in [6, 6.07) is 3.41. The Hall–Kier alpha value is -2.18. The van der Waals surface area contributed by atoms with Gasteiger partial charge in [-0.1, -0.05) is 6.07 Å². The fraction of sp³-hybridized carbons (Fsp3) is 0.417. The maximum Gasteiger partial charge on any atom is 0.327 e. The average molecular weight is 267 g/mol. The van der Waals surface area contributed by atoms with Crippen LogP contribution in [0.25, 0.3) is 0 Å².